The molecule has 21 heteroatoms. The van der Waals surface area contributed by atoms with Gasteiger partial charge in [-0.25, -0.2) is 0 Å². The van der Waals surface area contributed by atoms with Gasteiger partial charge in [-0.2, -0.15) is 0 Å². The Morgan fingerprint density at radius 2 is 0.909 bits per heavy atom. The zero-order chi connectivity index (χ0) is 40.7. The minimum absolute atomic E-state index is 0.0212. The van der Waals surface area contributed by atoms with Crippen LogP contribution in [0.4, 0.5) is 0 Å². The number of carbonyl (C=O) groups excluding carboxylic acids is 9. The van der Waals surface area contributed by atoms with Gasteiger partial charge in [0.1, 0.15) is 31.5 Å². The predicted octanol–water partition coefficient (Wildman–Crippen LogP) is -0.166. The fraction of sp³-hybridized carbons (Fsp3) is 0.559. The van der Waals surface area contributed by atoms with Crippen LogP contribution in [0.25, 0.3) is 0 Å². The Morgan fingerprint density at radius 3 is 1.38 bits per heavy atom. The third-order valence-electron chi connectivity index (χ3n) is 7.84. The van der Waals surface area contributed by atoms with Crippen LogP contribution in [0, 0.1) is 0 Å². The maximum Gasteiger partial charge on any atom is 0.305 e. The summed E-state index contributed by atoms with van der Waals surface area (Å²) in [5.74, 6) is -8.21. The molecule has 2 amide bonds. The lowest BCUT2D eigenvalue weighted by Gasteiger charge is -2.48. The smallest absolute Gasteiger partial charge is 0.305 e. The molecular weight excluding hydrogens is 742 g/mol. The molecule has 1 aromatic rings. The first kappa shape index (κ1) is 42.2. The van der Waals surface area contributed by atoms with Gasteiger partial charge in [-0.3, -0.25) is 48.0 Å². The van der Waals surface area contributed by atoms with Crippen molar-refractivity contribution >= 4 is 53.6 Å². The van der Waals surface area contributed by atoms with Crippen LogP contribution >= 0.6 is 0 Å². The number of hydroxylamine groups is 2. The van der Waals surface area contributed by atoms with Crippen molar-refractivity contribution in [3.63, 3.8) is 0 Å². The molecule has 0 saturated carbocycles. The summed E-state index contributed by atoms with van der Waals surface area (Å²) in [6, 6.07) is 5.84. The molecule has 10 atom stereocenters. The molecule has 0 spiro atoms. The summed E-state index contributed by atoms with van der Waals surface area (Å²) in [6.07, 6.45) is -17.3. The number of fused-ring (bicyclic) bond motifs is 1. The van der Waals surface area contributed by atoms with Crippen molar-refractivity contribution in [1.82, 2.24) is 5.06 Å². The van der Waals surface area contributed by atoms with Crippen molar-refractivity contribution in [3.05, 3.63) is 35.4 Å². The molecule has 0 unspecified atom stereocenters. The summed E-state index contributed by atoms with van der Waals surface area (Å²) in [4.78, 5) is 118. The molecule has 300 valence electrons. The molecule has 0 aliphatic carbocycles. The molecule has 0 aromatic heterocycles. The largest absolute Gasteiger partial charge is 0.463 e. The highest BCUT2D eigenvalue weighted by atomic mass is 16.8. The van der Waals surface area contributed by atoms with E-state index in [-0.39, 0.29) is 11.1 Å². The van der Waals surface area contributed by atoms with E-state index >= 15 is 0 Å². The molecule has 3 aliphatic heterocycles. The normalized spacial score (nSPS) is 28.6. The van der Waals surface area contributed by atoms with Gasteiger partial charge in [-0.1, -0.05) is 12.1 Å². The lowest BCUT2D eigenvalue weighted by Crippen LogP contribution is -2.67. The number of ether oxygens (including phenoxy) is 10. The Kier molecular flexibility index (Phi) is 14.0. The highest BCUT2D eigenvalue weighted by molar-refractivity contribution is 6.20. The van der Waals surface area contributed by atoms with Crippen molar-refractivity contribution in [2.24, 2.45) is 0 Å². The number of imide groups is 1. The predicted molar refractivity (Wildman–Crippen MR) is 171 cm³/mol. The van der Waals surface area contributed by atoms with E-state index in [0.29, 0.717) is 5.06 Å². The summed E-state index contributed by atoms with van der Waals surface area (Å²) in [6.45, 7) is 5.61. The van der Waals surface area contributed by atoms with E-state index in [4.69, 9.17) is 52.2 Å². The van der Waals surface area contributed by atoms with Crippen molar-refractivity contribution in [3.8, 4) is 0 Å². The average Bonchev–Trinajstić information content (AvgIpc) is 3.31. The van der Waals surface area contributed by atoms with Gasteiger partial charge in [-0.15, -0.1) is 5.06 Å². The second-order valence-corrected chi connectivity index (χ2v) is 12.2. The molecule has 0 radical (unpaired) electrons. The number of hydrogen-bond acceptors (Lipinski definition) is 20. The van der Waals surface area contributed by atoms with E-state index in [2.05, 4.69) is 0 Å². The molecule has 3 aliphatic rings. The van der Waals surface area contributed by atoms with Crippen LogP contribution in [-0.4, -0.2) is 133 Å². The van der Waals surface area contributed by atoms with E-state index in [9.17, 15) is 43.2 Å². The van der Waals surface area contributed by atoms with Crippen molar-refractivity contribution < 1.29 is 95.4 Å². The molecule has 1 aromatic carbocycles. The van der Waals surface area contributed by atoms with Gasteiger partial charge in [0.2, 0.25) is 12.4 Å². The van der Waals surface area contributed by atoms with Crippen LogP contribution in [0.5, 0.6) is 0 Å². The van der Waals surface area contributed by atoms with E-state index < -0.39 is 128 Å². The van der Waals surface area contributed by atoms with Gasteiger partial charge in [0.05, 0.1) is 11.1 Å². The van der Waals surface area contributed by atoms with Gasteiger partial charge in [0.25, 0.3) is 11.8 Å². The zero-order valence-electron chi connectivity index (χ0n) is 30.6. The van der Waals surface area contributed by atoms with Crippen LogP contribution in [0.3, 0.4) is 0 Å². The quantitative estimate of drug-likeness (QED) is 0.143. The van der Waals surface area contributed by atoms with Crippen LogP contribution in [0.15, 0.2) is 24.3 Å². The number of hydrogen-bond donors (Lipinski definition) is 0. The second kappa shape index (κ2) is 18.2. The van der Waals surface area contributed by atoms with E-state index in [1.165, 1.54) is 24.3 Å². The number of benzene rings is 1. The molecule has 2 saturated heterocycles. The standard InChI is InChI=1S/C34H39NO20/c1-14(36)45-12-23-25(47-15(2)37)27(48-16(3)38)30(51-19(6)41)34(53-23)55-26-24(13-46-35-31(43)21-10-8-9-11-22(21)32(35)44)54-33(52-20(7)42)29(50-18(5)40)28(26)49-17(4)39/h8-11,23-30,33-34H,12-13H2,1-7H3/t23-,24-,25-,26-,27+,28+,29-,30-,33-,34-/m1/s1. The van der Waals surface area contributed by atoms with Gasteiger partial charge < -0.3 is 47.4 Å². The minimum Gasteiger partial charge on any atom is -0.463 e. The lowest BCUT2D eigenvalue weighted by atomic mass is 9.96. The van der Waals surface area contributed by atoms with E-state index in [0.717, 1.165) is 48.5 Å². The SMILES string of the molecule is CC(=O)OC[C@H]1O[C@H](O[C@H]2[C@H](OC(C)=O)[C@@H](OC(C)=O)[C@H](OC(C)=O)O[C@@H]2CON2C(=O)c3ccccc3C2=O)[C@H](OC(C)=O)[C@@H](OC(C)=O)[C@@H]1OC(C)=O. The molecular formula is C34H39NO20. The second-order valence-electron chi connectivity index (χ2n) is 12.2. The van der Waals surface area contributed by atoms with Crippen molar-refractivity contribution in [2.75, 3.05) is 13.2 Å². The Hall–Kier alpha value is -5.51. The Bertz CT molecular complexity index is 1660. The highest BCUT2D eigenvalue weighted by Crippen LogP contribution is 2.36. The maximum atomic E-state index is 13.1. The Morgan fingerprint density at radius 1 is 0.509 bits per heavy atom. The fourth-order valence-electron chi connectivity index (χ4n) is 5.96. The monoisotopic (exact) mass is 781 g/mol. The Balaban J connectivity index is 1.82. The minimum atomic E-state index is -1.92. The van der Waals surface area contributed by atoms with Gasteiger partial charge >= 0.3 is 41.8 Å². The maximum absolute atomic E-state index is 13.1. The summed E-state index contributed by atoms with van der Waals surface area (Å²) < 4.78 is 55.9. The van der Waals surface area contributed by atoms with Crippen molar-refractivity contribution in [1.29, 1.82) is 0 Å². The molecule has 0 bridgehead atoms. The van der Waals surface area contributed by atoms with E-state index in [1.54, 1.807) is 0 Å². The number of amides is 2. The number of rotatable bonds is 13. The summed E-state index contributed by atoms with van der Waals surface area (Å²) in [5, 5.41) is 0.430. The van der Waals surface area contributed by atoms with Crippen LogP contribution < -0.4 is 0 Å². The fourth-order valence-corrected chi connectivity index (χ4v) is 5.96. The number of nitrogens with zero attached hydrogens (tertiary/aromatic N) is 1. The third-order valence-corrected chi connectivity index (χ3v) is 7.84. The van der Waals surface area contributed by atoms with Crippen LogP contribution in [-0.2, 0) is 85.8 Å². The van der Waals surface area contributed by atoms with Gasteiger partial charge in [-0.05, 0) is 12.1 Å². The number of esters is 7. The lowest BCUT2D eigenvalue weighted by molar-refractivity contribution is -0.360. The van der Waals surface area contributed by atoms with E-state index in [1.807, 2.05) is 0 Å². The summed E-state index contributed by atoms with van der Waals surface area (Å²) in [7, 11) is 0. The molecule has 55 heavy (non-hydrogen) atoms. The molecule has 4 rings (SSSR count). The molecule has 2 fully saturated rings. The third kappa shape index (κ3) is 10.6. The molecule has 21 nitrogen and oxygen atoms in total. The first-order valence-corrected chi connectivity index (χ1v) is 16.6. The first-order chi connectivity index (χ1) is 25.9. The zero-order valence-corrected chi connectivity index (χ0v) is 30.6. The highest BCUT2D eigenvalue weighted by Gasteiger charge is 2.58. The first-order valence-electron chi connectivity index (χ1n) is 16.6. The molecule has 3 heterocycles. The van der Waals surface area contributed by atoms with Crippen LogP contribution in [0.2, 0.25) is 0 Å². The number of carbonyl (C=O) groups is 9. The summed E-state index contributed by atoms with van der Waals surface area (Å²) in [5.41, 5.74) is 0.0423. The van der Waals surface area contributed by atoms with Gasteiger partial charge in [0.15, 0.2) is 30.7 Å². The van der Waals surface area contributed by atoms with Crippen molar-refractivity contribution in [2.45, 2.75) is 110 Å². The van der Waals surface area contributed by atoms with Gasteiger partial charge in [0, 0.05) is 48.5 Å². The Labute approximate surface area is 312 Å². The summed E-state index contributed by atoms with van der Waals surface area (Å²) >= 11 is 0. The molecule has 0 N–H and O–H groups in total. The van der Waals surface area contributed by atoms with Crippen LogP contribution in [0.1, 0.15) is 69.2 Å². The topological polar surface area (TPSA) is 258 Å². The average molecular weight is 782 g/mol.